The number of aliphatic hydroxyl groups excluding tert-OH is 1. The lowest BCUT2D eigenvalue weighted by molar-refractivity contribution is -0.120. The van der Waals surface area contributed by atoms with Crippen molar-refractivity contribution in [3.63, 3.8) is 0 Å². The first-order valence-corrected chi connectivity index (χ1v) is 11.7. The molecule has 0 spiro atoms. The molecule has 1 atom stereocenters. The summed E-state index contributed by atoms with van der Waals surface area (Å²) in [6.07, 6.45) is 2.28. The minimum absolute atomic E-state index is 0.0698. The van der Waals surface area contributed by atoms with Gasteiger partial charge in [0, 0.05) is 31.9 Å². The number of likely N-dealkylation sites (N-methyl/N-ethyl adjacent to an activating group) is 1. The molecule has 0 aliphatic heterocycles. The van der Waals surface area contributed by atoms with Crippen LogP contribution in [0.5, 0.6) is 0 Å². The zero-order chi connectivity index (χ0) is 25.1. The van der Waals surface area contributed by atoms with Gasteiger partial charge in [-0.3, -0.25) is 14.5 Å². The number of amides is 1. The number of fused-ring (bicyclic) bond motifs is 1. The highest BCUT2D eigenvalue weighted by atomic mass is 35.5. The van der Waals surface area contributed by atoms with Gasteiger partial charge in [0.15, 0.2) is 5.43 Å². The van der Waals surface area contributed by atoms with Gasteiger partial charge in [-0.15, -0.1) is 0 Å². The number of hydrogen-bond donors (Lipinski definition) is 2. The van der Waals surface area contributed by atoms with Crippen LogP contribution in [0.3, 0.4) is 0 Å². The van der Waals surface area contributed by atoms with Gasteiger partial charge in [-0.25, -0.2) is 0 Å². The molecule has 2 N–H and O–H groups in total. The Morgan fingerprint density at radius 2 is 2.03 bits per heavy atom. The molecule has 10 heteroatoms. The Balaban J connectivity index is 1.43. The average Bonchev–Trinajstić information content (AvgIpc) is 3.49. The molecule has 0 bridgehead atoms. The molecule has 8 nitrogen and oxygen atoms in total. The molecule has 184 valence electrons. The van der Waals surface area contributed by atoms with E-state index in [1.165, 1.54) is 6.26 Å². The van der Waals surface area contributed by atoms with Crippen LogP contribution in [-0.4, -0.2) is 34.1 Å². The first kappa shape index (κ1) is 25.1. The average molecular weight is 518 g/mol. The smallest absolute Gasteiger partial charge is 0.224 e. The lowest BCUT2D eigenvalue weighted by Gasteiger charge is -2.18. The van der Waals surface area contributed by atoms with Crippen LogP contribution in [0.1, 0.15) is 28.8 Å². The number of carbonyl (C=O) groups is 1. The number of rotatable bonds is 9. The molecule has 0 aliphatic rings. The number of aryl methyl sites for hydroxylation is 1. The largest absolute Gasteiger partial charge is 0.467 e. The van der Waals surface area contributed by atoms with Gasteiger partial charge in [0.05, 0.1) is 34.7 Å². The van der Waals surface area contributed by atoms with Crippen LogP contribution in [0.15, 0.2) is 62.5 Å². The van der Waals surface area contributed by atoms with E-state index in [0.29, 0.717) is 51.3 Å². The highest BCUT2D eigenvalue weighted by molar-refractivity contribution is 6.42. The van der Waals surface area contributed by atoms with Crippen molar-refractivity contribution in [3.8, 4) is 0 Å². The maximum absolute atomic E-state index is 13.1. The second-order valence-electron chi connectivity index (χ2n) is 8.46. The van der Waals surface area contributed by atoms with Crippen LogP contribution in [0, 0.1) is 0 Å². The molecule has 3 heterocycles. The summed E-state index contributed by atoms with van der Waals surface area (Å²) in [5.74, 6) is 0.766. The predicted molar refractivity (Wildman–Crippen MR) is 133 cm³/mol. The van der Waals surface area contributed by atoms with Gasteiger partial charge in [-0.05, 0) is 42.9 Å². The molecule has 3 aromatic heterocycles. The molecule has 4 aromatic rings. The second-order valence-corrected chi connectivity index (χ2v) is 9.27. The SMILES string of the molecule is CN(Cc1cc2c(=O)c(CC(=O)NCc3ccc(Cl)c(Cl)c3)cn(C)c2o1)C[C@@H](O)c1ccco1. The third-order valence-electron chi connectivity index (χ3n) is 5.58. The van der Waals surface area contributed by atoms with Crippen LogP contribution in [-0.2, 0) is 31.4 Å². The summed E-state index contributed by atoms with van der Waals surface area (Å²) in [6.45, 7) is 0.973. The highest BCUT2D eigenvalue weighted by Gasteiger charge is 2.18. The third-order valence-corrected chi connectivity index (χ3v) is 6.32. The van der Waals surface area contributed by atoms with Crippen LogP contribution >= 0.6 is 23.2 Å². The summed E-state index contributed by atoms with van der Waals surface area (Å²) < 4.78 is 12.8. The van der Waals surface area contributed by atoms with Crippen molar-refractivity contribution in [2.24, 2.45) is 7.05 Å². The standard InChI is InChI=1S/C25H25Cl2N3O5/c1-29(14-21(31)22-4-3-7-34-22)13-17-10-18-24(33)16(12-30(2)25(18)35-17)9-23(32)28-11-15-5-6-19(26)20(27)8-15/h3-8,10,12,21,31H,9,11,13-14H2,1-2H3,(H,28,32)/t21-/m1/s1. The molecular formula is C25H25Cl2N3O5. The normalized spacial score (nSPS) is 12.4. The van der Waals surface area contributed by atoms with Crippen LogP contribution in [0.25, 0.3) is 11.1 Å². The Labute approximate surface area is 211 Å². The summed E-state index contributed by atoms with van der Waals surface area (Å²) in [4.78, 5) is 27.4. The maximum atomic E-state index is 13.1. The first-order valence-electron chi connectivity index (χ1n) is 10.9. The Kier molecular flexibility index (Phi) is 7.66. The van der Waals surface area contributed by atoms with E-state index in [0.717, 1.165) is 5.56 Å². The Hall–Kier alpha value is -3.04. The third kappa shape index (κ3) is 5.97. The molecule has 35 heavy (non-hydrogen) atoms. The fourth-order valence-corrected chi connectivity index (χ4v) is 4.19. The molecule has 0 fully saturated rings. The van der Waals surface area contributed by atoms with Gasteiger partial charge >= 0.3 is 0 Å². The van der Waals surface area contributed by atoms with Gasteiger partial charge in [0.25, 0.3) is 0 Å². The van der Waals surface area contributed by atoms with Crippen molar-refractivity contribution in [1.29, 1.82) is 0 Å². The molecule has 0 radical (unpaired) electrons. The fourth-order valence-electron chi connectivity index (χ4n) is 3.87. The summed E-state index contributed by atoms with van der Waals surface area (Å²) in [6, 6.07) is 10.2. The van der Waals surface area contributed by atoms with Crippen molar-refractivity contribution in [3.05, 3.63) is 91.8 Å². The number of nitrogens with zero attached hydrogens (tertiary/aromatic N) is 2. The monoisotopic (exact) mass is 517 g/mol. The summed E-state index contributed by atoms with van der Waals surface area (Å²) in [7, 11) is 3.59. The van der Waals surface area contributed by atoms with E-state index in [4.69, 9.17) is 32.0 Å². The summed E-state index contributed by atoms with van der Waals surface area (Å²) in [5.41, 5.74) is 1.33. The zero-order valence-electron chi connectivity index (χ0n) is 19.3. The second kappa shape index (κ2) is 10.7. The topological polar surface area (TPSA) is 101 Å². The van der Waals surface area contributed by atoms with Crippen LogP contribution < -0.4 is 10.7 Å². The number of furan rings is 2. The number of pyridine rings is 1. The number of benzene rings is 1. The molecule has 4 rings (SSSR count). The number of carbonyl (C=O) groups excluding carboxylic acids is 1. The van der Waals surface area contributed by atoms with E-state index in [2.05, 4.69) is 5.32 Å². The molecule has 0 aliphatic carbocycles. The van der Waals surface area contributed by atoms with Gasteiger partial charge in [-0.2, -0.15) is 0 Å². The summed E-state index contributed by atoms with van der Waals surface area (Å²) in [5, 5.41) is 14.3. The molecule has 0 unspecified atom stereocenters. The number of aromatic nitrogens is 1. The highest BCUT2D eigenvalue weighted by Crippen LogP contribution is 2.23. The lowest BCUT2D eigenvalue weighted by atomic mass is 10.1. The Bertz CT molecular complexity index is 1390. The number of nitrogens with one attached hydrogen (secondary N) is 1. The van der Waals surface area contributed by atoms with Crippen LogP contribution in [0.4, 0.5) is 0 Å². The minimum atomic E-state index is -0.778. The van der Waals surface area contributed by atoms with E-state index < -0.39 is 6.10 Å². The Morgan fingerprint density at radius 1 is 1.23 bits per heavy atom. The molecule has 0 saturated heterocycles. The summed E-state index contributed by atoms with van der Waals surface area (Å²) >= 11 is 11.9. The van der Waals surface area contributed by atoms with Gasteiger partial charge < -0.3 is 23.8 Å². The number of hydrogen-bond acceptors (Lipinski definition) is 6. The zero-order valence-corrected chi connectivity index (χ0v) is 20.8. The van der Waals surface area contributed by atoms with Gasteiger partial charge in [-0.1, -0.05) is 29.3 Å². The van der Waals surface area contributed by atoms with E-state index >= 15 is 0 Å². The number of halogens is 2. The van der Waals surface area contributed by atoms with E-state index in [9.17, 15) is 14.7 Å². The van der Waals surface area contributed by atoms with Crippen LogP contribution in [0.2, 0.25) is 10.0 Å². The predicted octanol–water partition coefficient (Wildman–Crippen LogP) is 4.06. The molecule has 1 aromatic carbocycles. The Morgan fingerprint density at radius 3 is 2.74 bits per heavy atom. The first-order chi connectivity index (χ1) is 16.7. The molecule has 0 saturated carbocycles. The molecular weight excluding hydrogens is 493 g/mol. The van der Waals surface area contributed by atoms with Crippen molar-refractivity contribution in [2.75, 3.05) is 13.6 Å². The lowest BCUT2D eigenvalue weighted by Crippen LogP contribution is -2.27. The van der Waals surface area contributed by atoms with Crippen molar-refractivity contribution in [2.45, 2.75) is 25.6 Å². The van der Waals surface area contributed by atoms with Gasteiger partial charge in [0.2, 0.25) is 11.6 Å². The minimum Gasteiger partial charge on any atom is -0.467 e. The van der Waals surface area contributed by atoms with E-state index in [1.54, 1.807) is 54.2 Å². The van der Waals surface area contributed by atoms with Crippen molar-refractivity contribution >= 4 is 40.2 Å². The number of aliphatic hydroxyl groups is 1. The molecule has 1 amide bonds. The van der Waals surface area contributed by atoms with Crippen molar-refractivity contribution < 1.29 is 18.7 Å². The fraction of sp³-hybridized carbons (Fsp3) is 0.280. The maximum Gasteiger partial charge on any atom is 0.224 e. The van der Waals surface area contributed by atoms with E-state index in [1.807, 2.05) is 11.9 Å². The quantitative estimate of drug-likeness (QED) is 0.347. The van der Waals surface area contributed by atoms with E-state index in [-0.39, 0.29) is 24.3 Å². The van der Waals surface area contributed by atoms with Gasteiger partial charge in [0.1, 0.15) is 17.6 Å². The van der Waals surface area contributed by atoms with Crippen molar-refractivity contribution in [1.82, 2.24) is 14.8 Å².